The van der Waals surface area contributed by atoms with Gasteiger partial charge in [-0.05, 0) is 41.7 Å². The summed E-state index contributed by atoms with van der Waals surface area (Å²) >= 11 is 1.73. The van der Waals surface area contributed by atoms with Crippen LogP contribution in [-0.2, 0) is 6.42 Å². The second kappa shape index (κ2) is 7.02. The lowest BCUT2D eigenvalue weighted by Gasteiger charge is -2.08. The molecule has 2 heteroatoms. The molecule has 1 heterocycles. The largest absolute Gasteiger partial charge is 0.393 e. The number of aryl methyl sites for hydroxylation is 1. The lowest BCUT2D eigenvalue weighted by molar-refractivity contribution is 0.151. The van der Waals surface area contributed by atoms with E-state index in [1.807, 2.05) is 0 Å². The Bertz CT molecular complexity index is 218. The van der Waals surface area contributed by atoms with Gasteiger partial charge in [-0.3, -0.25) is 0 Å². The first-order valence-electron chi connectivity index (χ1n) is 5.52. The molecular formula is C12H20OS. The molecule has 1 rings (SSSR count). The van der Waals surface area contributed by atoms with Crippen LogP contribution in [0.4, 0.5) is 0 Å². The molecule has 80 valence electrons. The lowest BCUT2D eigenvalue weighted by Crippen LogP contribution is -2.07. The van der Waals surface area contributed by atoms with Crippen LogP contribution in [0.25, 0.3) is 0 Å². The van der Waals surface area contributed by atoms with Gasteiger partial charge < -0.3 is 5.11 Å². The predicted molar refractivity (Wildman–Crippen MR) is 62.8 cm³/mol. The summed E-state index contributed by atoms with van der Waals surface area (Å²) < 4.78 is 0. The standard InChI is InChI=1S/C12H20OS/c1-2-3-4-5-12(13)7-6-11-8-9-14-10-11/h8-10,12-13H,2-7H2,1H3. The topological polar surface area (TPSA) is 20.2 Å². The molecule has 1 nitrogen and oxygen atoms in total. The summed E-state index contributed by atoms with van der Waals surface area (Å²) in [4.78, 5) is 0. The minimum atomic E-state index is -0.0959. The first-order valence-corrected chi connectivity index (χ1v) is 6.46. The van der Waals surface area contributed by atoms with E-state index in [0.29, 0.717) is 0 Å². The van der Waals surface area contributed by atoms with Crippen molar-refractivity contribution in [3.8, 4) is 0 Å². The fraction of sp³-hybridized carbons (Fsp3) is 0.667. The number of rotatable bonds is 7. The van der Waals surface area contributed by atoms with E-state index in [1.165, 1.54) is 24.8 Å². The van der Waals surface area contributed by atoms with Crippen LogP contribution in [0.2, 0.25) is 0 Å². The Morgan fingerprint density at radius 2 is 2.21 bits per heavy atom. The van der Waals surface area contributed by atoms with Gasteiger partial charge in [-0.25, -0.2) is 0 Å². The highest BCUT2D eigenvalue weighted by molar-refractivity contribution is 7.07. The molecule has 1 aromatic rings. The number of hydrogen-bond acceptors (Lipinski definition) is 2. The van der Waals surface area contributed by atoms with Gasteiger partial charge in [0.05, 0.1) is 6.10 Å². The zero-order valence-corrected chi connectivity index (χ0v) is 9.72. The van der Waals surface area contributed by atoms with E-state index in [4.69, 9.17) is 0 Å². The number of aliphatic hydroxyl groups is 1. The fourth-order valence-electron chi connectivity index (χ4n) is 1.54. The second-order valence-electron chi connectivity index (χ2n) is 3.82. The molecule has 0 spiro atoms. The Hall–Kier alpha value is -0.340. The Kier molecular flexibility index (Phi) is 5.88. The predicted octanol–water partition coefficient (Wildman–Crippen LogP) is 3.62. The fourth-order valence-corrected chi connectivity index (χ4v) is 2.25. The first kappa shape index (κ1) is 11.7. The number of hydrogen-bond donors (Lipinski definition) is 1. The van der Waals surface area contributed by atoms with E-state index in [9.17, 15) is 5.11 Å². The highest BCUT2D eigenvalue weighted by Crippen LogP contribution is 2.12. The van der Waals surface area contributed by atoms with E-state index in [0.717, 1.165) is 19.3 Å². The minimum absolute atomic E-state index is 0.0959. The van der Waals surface area contributed by atoms with Crippen molar-refractivity contribution in [3.63, 3.8) is 0 Å². The van der Waals surface area contributed by atoms with Gasteiger partial charge in [0, 0.05) is 0 Å². The molecule has 1 N–H and O–H groups in total. The van der Waals surface area contributed by atoms with Crippen molar-refractivity contribution in [2.24, 2.45) is 0 Å². The zero-order chi connectivity index (χ0) is 10.2. The molecule has 1 unspecified atom stereocenters. The molecule has 0 bridgehead atoms. The molecule has 0 aliphatic heterocycles. The summed E-state index contributed by atoms with van der Waals surface area (Å²) in [5.74, 6) is 0. The van der Waals surface area contributed by atoms with Gasteiger partial charge in [0.1, 0.15) is 0 Å². The number of unbranched alkanes of at least 4 members (excludes halogenated alkanes) is 2. The van der Waals surface area contributed by atoms with Crippen LogP contribution in [0, 0.1) is 0 Å². The summed E-state index contributed by atoms with van der Waals surface area (Å²) in [6.45, 7) is 2.19. The van der Waals surface area contributed by atoms with E-state index in [1.54, 1.807) is 11.3 Å². The molecule has 0 aliphatic rings. The van der Waals surface area contributed by atoms with Crippen molar-refractivity contribution in [1.82, 2.24) is 0 Å². The van der Waals surface area contributed by atoms with Crippen molar-refractivity contribution in [1.29, 1.82) is 0 Å². The van der Waals surface area contributed by atoms with E-state index >= 15 is 0 Å². The molecule has 0 amide bonds. The van der Waals surface area contributed by atoms with Crippen LogP contribution >= 0.6 is 11.3 Å². The van der Waals surface area contributed by atoms with Crippen molar-refractivity contribution >= 4 is 11.3 Å². The van der Waals surface area contributed by atoms with E-state index in [2.05, 4.69) is 23.8 Å². The van der Waals surface area contributed by atoms with Gasteiger partial charge in [0.2, 0.25) is 0 Å². The van der Waals surface area contributed by atoms with Crippen LogP contribution in [0.1, 0.15) is 44.6 Å². The smallest absolute Gasteiger partial charge is 0.0543 e. The molecule has 0 aromatic carbocycles. The molecule has 1 aromatic heterocycles. The number of aliphatic hydroxyl groups excluding tert-OH is 1. The molecule has 0 aliphatic carbocycles. The molecule has 14 heavy (non-hydrogen) atoms. The SMILES string of the molecule is CCCCCC(O)CCc1ccsc1. The maximum atomic E-state index is 9.68. The van der Waals surface area contributed by atoms with Crippen molar-refractivity contribution in [2.45, 2.75) is 51.6 Å². The lowest BCUT2D eigenvalue weighted by atomic mass is 10.0. The molecule has 0 radical (unpaired) electrons. The summed E-state index contributed by atoms with van der Waals surface area (Å²) in [5, 5.41) is 13.9. The van der Waals surface area contributed by atoms with Crippen molar-refractivity contribution in [2.75, 3.05) is 0 Å². The second-order valence-corrected chi connectivity index (χ2v) is 4.60. The third-order valence-electron chi connectivity index (χ3n) is 2.49. The van der Waals surface area contributed by atoms with Crippen molar-refractivity contribution < 1.29 is 5.11 Å². The van der Waals surface area contributed by atoms with Gasteiger partial charge in [0.25, 0.3) is 0 Å². The molecular weight excluding hydrogens is 192 g/mol. The molecule has 0 saturated carbocycles. The van der Waals surface area contributed by atoms with Crippen LogP contribution < -0.4 is 0 Å². The monoisotopic (exact) mass is 212 g/mol. The first-order chi connectivity index (χ1) is 6.83. The number of thiophene rings is 1. The third-order valence-corrected chi connectivity index (χ3v) is 3.22. The van der Waals surface area contributed by atoms with Gasteiger partial charge in [-0.1, -0.05) is 26.2 Å². The molecule has 0 fully saturated rings. The summed E-state index contributed by atoms with van der Waals surface area (Å²) in [6.07, 6.45) is 6.46. The normalized spacial score (nSPS) is 13.0. The zero-order valence-electron chi connectivity index (χ0n) is 8.91. The average Bonchev–Trinajstić information content (AvgIpc) is 2.68. The van der Waals surface area contributed by atoms with E-state index < -0.39 is 0 Å². The highest BCUT2D eigenvalue weighted by atomic mass is 32.1. The van der Waals surface area contributed by atoms with Gasteiger partial charge in [-0.15, -0.1) is 0 Å². The van der Waals surface area contributed by atoms with Crippen LogP contribution in [-0.4, -0.2) is 11.2 Å². The Morgan fingerprint density at radius 1 is 1.36 bits per heavy atom. The molecule has 0 saturated heterocycles. The minimum Gasteiger partial charge on any atom is -0.393 e. The van der Waals surface area contributed by atoms with Crippen molar-refractivity contribution in [3.05, 3.63) is 22.4 Å². The third kappa shape index (κ3) is 4.77. The Labute approximate surface area is 90.8 Å². The van der Waals surface area contributed by atoms with Gasteiger partial charge >= 0.3 is 0 Å². The van der Waals surface area contributed by atoms with E-state index in [-0.39, 0.29) is 6.10 Å². The average molecular weight is 212 g/mol. The van der Waals surface area contributed by atoms with Crippen LogP contribution in [0.3, 0.4) is 0 Å². The summed E-state index contributed by atoms with van der Waals surface area (Å²) in [5.41, 5.74) is 1.37. The van der Waals surface area contributed by atoms with Gasteiger partial charge in [-0.2, -0.15) is 11.3 Å². The quantitative estimate of drug-likeness (QED) is 0.684. The van der Waals surface area contributed by atoms with Crippen LogP contribution in [0.5, 0.6) is 0 Å². The maximum Gasteiger partial charge on any atom is 0.0543 e. The molecule has 1 atom stereocenters. The Balaban J connectivity index is 2.06. The van der Waals surface area contributed by atoms with Crippen LogP contribution in [0.15, 0.2) is 16.8 Å². The maximum absolute atomic E-state index is 9.68. The summed E-state index contributed by atoms with van der Waals surface area (Å²) in [7, 11) is 0. The summed E-state index contributed by atoms with van der Waals surface area (Å²) in [6, 6.07) is 2.14. The Morgan fingerprint density at radius 3 is 2.86 bits per heavy atom. The van der Waals surface area contributed by atoms with Gasteiger partial charge in [0.15, 0.2) is 0 Å². The highest BCUT2D eigenvalue weighted by Gasteiger charge is 2.04.